The van der Waals surface area contributed by atoms with E-state index in [1.165, 1.54) is 29.6 Å². The minimum atomic E-state index is -3.92. The number of nitro benzene ring substituents is 2. The monoisotopic (exact) mass is 451 g/mol. The fourth-order valence-corrected chi connectivity index (χ4v) is 4.99. The first-order valence-corrected chi connectivity index (χ1v) is 10.9. The maximum absolute atomic E-state index is 13.0. The van der Waals surface area contributed by atoms with Gasteiger partial charge in [0, 0.05) is 19.2 Å². The number of hydrogen-bond acceptors (Lipinski definition) is 8. The highest BCUT2D eigenvalue weighted by molar-refractivity contribution is 7.89. The second-order valence-electron chi connectivity index (χ2n) is 7.19. The van der Waals surface area contributed by atoms with E-state index >= 15 is 0 Å². The highest BCUT2D eigenvalue weighted by Gasteiger charge is 2.31. The van der Waals surface area contributed by atoms with Gasteiger partial charge in [0.1, 0.15) is 5.75 Å². The lowest BCUT2D eigenvalue weighted by Gasteiger charge is -2.30. The van der Waals surface area contributed by atoms with Crippen LogP contribution in [0.2, 0.25) is 0 Å². The van der Waals surface area contributed by atoms with Crippen LogP contribution in [0.25, 0.3) is 0 Å². The van der Waals surface area contributed by atoms with Crippen LogP contribution in [0.4, 0.5) is 11.4 Å². The summed E-state index contributed by atoms with van der Waals surface area (Å²) in [5.41, 5.74) is -1.07. The summed E-state index contributed by atoms with van der Waals surface area (Å²) in [4.78, 5) is 21.2. The van der Waals surface area contributed by atoms with E-state index in [0.717, 1.165) is 24.6 Å². The Morgan fingerprint density at radius 1 is 1.03 bits per heavy atom. The molecule has 2 aromatic rings. The Balaban J connectivity index is 1.99. The van der Waals surface area contributed by atoms with Crippen LogP contribution in [0.15, 0.2) is 41.3 Å². The van der Waals surface area contributed by atoms with Crippen molar-refractivity contribution in [3.63, 3.8) is 0 Å². The average molecular weight is 451 g/mol. The molecule has 0 aliphatic carbocycles. The molecule has 0 radical (unpaired) electrons. The lowest BCUT2D eigenvalue weighted by atomic mass is 10.0. The van der Waals surface area contributed by atoms with Gasteiger partial charge in [0.05, 0.1) is 27.9 Å². The van der Waals surface area contributed by atoms with Crippen LogP contribution in [0.3, 0.4) is 0 Å². The molecule has 0 N–H and O–H groups in total. The molecule has 1 heterocycles. The third kappa shape index (κ3) is 4.75. The SMILES string of the molecule is COc1ccc(Oc2ccc(S(=O)(=O)N3CCCC(C)C3)cc2[N+](=O)[O-])c([N+](=O)[O-])c1. The van der Waals surface area contributed by atoms with Gasteiger partial charge in [-0.15, -0.1) is 0 Å². The van der Waals surface area contributed by atoms with Crippen molar-refractivity contribution in [3.05, 3.63) is 56.6 Å². The third-order valence-electron chi connectivity index (χ3n) is 4.97. The van der Waals surface area contributed by atoms with Crippen molar-refractivity contribution < 1.29 is 27.7 Å². The molecule has 1 aliphatic heterocycles. The number of piperidine rings is 1. The number of sulfonamides is 1. The molecular formula is C19H21N3O8S. The van der Waals surface area contributed by atoms with Gasteiger partial charge in [0.25, 0.3) is 0 Å². The standard InChI is InChI=1S/C19H21N3O8S/c1-13-4-3-9-20(12-13)31(27,28)15-6-8-19(17(11-15)22(25)26)30-18-7-5-14(29-2)10-16(18)21(23)24/h5-8,10-11,13H,3-4,9,12H2,1-2H3. The van der Waals surface area contributed by atoms with Gasteiger partial charge >= 0.3 is 11.4 Å². The lowest BCUT2D eigenvalue weighted by molar-refractivity contribution is -0.387. The Hall–Kier alpha value is -3.25. The molecule has 0 amide bonds. The Kier molecular flexibility index (Phi) is 6.41. The van der Waals surface area contributed by atoms with Gasteiger partial charge in [0.2, 0.25) is 21.5 Å². The van der Waals surface area contributed by atoms with E-state index in [1.54, 1.807) is 0 Å². The first-order chi connectivity index (χ1) is 14.6. The molecule has 1 unspecified atom stereocenters. The van der Waals surface area contributed by atoms with E-state index in [4.69, 9.17) is 9.47 Å². The van der Waals surface area contributed by atoms with E-state index in [2.05, 4.69) is 0 Å². The minimum Gasteiger partial charge on any atom is -0.496 e. The molecule has 11 nitrogen and oxygen atoms in total. The smallest absolute Gasteiger partial charge is 0.315 e. The molecule has 1 saturated heterocycles. The topological polar surface area (TPSA) is 142 Å². The van der Waals surface area contributed by atoms with Crippen LogP contribution in [0.1, 0.15) is 19.8 Å². The van der Waals surface area contributed by atoms with Crippen LogP contribution in [-0.4, -0.2) is 42.8 Å². The summed E-state index contributed by atoms with van der Waals surface area (Å²) in [5, 5.41) is 22.9. The number of rotatable bonds is 7. The number of nitrogens with zero attached hydrogens (tertiary/aromatic N) is 3. The molecule has 2 aromatic carbocycles. The molecule has 0 bridgehead atoms. The van der Waals surface area contributed by atoms with Crippen LogP contribution in [0.5, 0.6) is 17.2 Å². The van der Waals surface area contributed by atoms with E-state index in [-0.39, 0.29) is 28.1 Å². The Morgan fingerprint density at radius 3 is 2.23 bits per heavy atom. The van der Waals surface area contributed by atoms with Gasteiger partial charge in [-0.3, -0.25) is 20.2 Å². The van der Waals surface area contributed by atoms with Crippen LogP contribution in [0, 0.1) is 26.1 Å². The van der Waals surface area contributed by atoms with Crippen molar-refractivity contribution in [2.24, 2.45) is 5.92 Å². The van der Waals surface area contributed by atoms with Crippen LogP contribution < -0.4 is 9.47 Å². The highest BCUT2D eigenvalue weighted by atomic mass is 32.2. The first kappa shape index (κ1) is 22.4. The zero-order valence-electron chi connectivity index (χ0n) is 16.9. The van der Waals surface area contributed by atoms with E-state index < -0.39 is 31.2 Å². The Bertz CT molecular complexity index is 1120. The van der Waals surface area contributed by atoms with Crippen molar-refractivity contribution in [1.29, 1.82) is 0 Å². The maximum Gasteiger partial charge on any atom is 0.315 e. The number of ether oxygens (including phenoxy) is 2. The molecule has 1 aliphatic rings. The Morgan fingerprint density at radius 2 is 1.65 bits per heavy atom. The maximum atomic E-state index is 13.0. The van der Waals surface area contributed by atoms with Gasteiger partial charge in [-0.05, 0) is 43.0 Å². The van der Waals surface area contributed by atoms with Crippen molar-refractivity contribution in [2.75, 3.05) is 20.2 Å². The molecule has 3 rings (SSSR count). The second-order valence-corrected chi connectivity index (χ2v) is 9.13. The van der Waals surface area contributed by atoms with Crippen LogP contribution >= 0.6 is 0 Å². The number of nitro groups is 2. The Labute approximate surface area is 178 Å². The quantitative estimate of drug-likeness (QED) is 0.458. The number of hydrogen-bond donors (Lipinski definition) is 0. The van der Waals surface area contributed by atoms with Crippen molar-refractivity contribution in [2.45, 2.75) is 24.7 Å². The van der Waals surface area contributed by atoms with E-state index in [0.29, 0.717) is 19.5 Å². The van der Waals surface area contributed by atoms with E-state index in [1.807, 2.05) is 6.92 Å². The number of methoxy groups -OCH3 is 1. The van der Waals surface area contributed by atoms with Gasteiger partial charge in [-0.25, -0.2) is 8.42 Å². The zero-order chi connectivity index (χ0) is 22.8. The summed E-state index contributed by atoms with van der Waals surface area (Å²) in [7, 11) is -2.58. The predicted molar refractivity (Wildman–Crippen MR) is 110 cm³/mol. The van der Waals surface area contributed by atoms with Gasteiger partial charge in [0.15, 0.2) is 0 Å². The summed E-state index contributed by atoms with van der Waals surface area (Å²) in [5.74, 6) is -0.152. The van der Waals surface area contributed by atoms with Crippen molar-refractivity contribution in [3.8, 4) is 17.2 Å². The molecule has 31 heavy (non-hydrogen) atoms. The summed E-state index contributed by atoms with van der Waals surface area (Å²) in [6.07, 6.45) is 1.63. The van der Waals surface area contributed by atoms with Crippen molar-refractivity contribution >= 4 is 21.4 Å². The summed E-state index contributed by atoms with van der Waals surface area (Å²) < 4.78 is 37.6. The summed E-state index contributed by atoms with van der Waals surface area (Å²) >= 11 is 0. The van der Waals surface area contributed by atoms with Crippen molar-refractivity contribution in [1.82, 2.24) is 4.31 Å². The van der Waals surface area contributed by atoms with E-state index in [9.17, 15) is 28.6 Å². The fraction of sp³-hybridized carbons (Fsp3) is 0.368. The molecule has 0 spiro atoms. The molecule has 166 valence electrons. The zero-order valence-corrected chi connectivity index (χ0v) is 17.7. The molecule has 1 fully saturated rings. The molecule has 12 heteroatoms. The number of benzene rings is 2. The molecule has 0 saturated carbocycles. The normalized spacial score (nSPS) is 17.2. The van der Waals surface area contributed by atoms with Gasteiger partial charge in [-0.2, -0.15) is 4.31 Å². The fourth-order valence-electron chi connectivity index (χ4n) is 3.37. The molecule has 1 atom stereocenters. The lowest BCUT2D eigenvalue weighted by Crippen LogP contribution is -2.39. The third-order valence-corrected chi connectivity index (χ3v) is 6.83. The largest absolute Gasteiger partial charge is 0.496 e. The van der Waals surface area contributed by atoms with Gasteiger partial charge < -0.3 is 9.47 Å². The van der Waals surface area contributed by atoms with Gasteiger partial charge in [-0.1, -0.05) is 6.92 Å². The summed E-state index contributed by atoms with van der Waals surface area (Å²) in [6.45, 7) is 2.63. The minimum absolute atomic E-state index is 0.191. The molecule has 0 aromatic heterocycles. The summed E-state index contributed by atoms with van der Waals surface area (Å²) in [6, 6.07) is 7.03. The first-order valence-electron chi connectivity index (χ1n) is 9.42. The molecular weight excluding hydrogens is 430 g/mol. The second kappa shape index (κ2) is 8.86. The highest BCUT2D eigenvalue weighted by Crippen LogP contribution is 2.39. The van der Waals surface area contributed by atoms with Crippen LogP contribution in [-0.2, 0) is 10.0 Å². The average Bonchev–Trinajstić information content (AvgIpc) is 2.73. The predicted octanol–water partition coefficient (Wildman–Crippen LogP) is 3.72.